The van der Waals surface area contributed by atoms with E-state index in [-0.39, 0.29) is 23.1 Å². The maximum Gasteiger partial charge on any atom is 0.258 e. The second-order valence-corrected chi connectivity index (χ2v) is 7.40. The average Bonchev–Trinajstić information content (AvgIpc) is 3.44. The summed E-state index contributed by atoms with van der Waals surface area (Å²) in [6.07, 6.45) is 2.53. The molecule has 0 spiro atoms. The van der Waals surface area contributed by atoms with Gasteiger partial charge in [0.2, 0.25) is 0 Å². The third-order valence-corrected chi connectivity index (χ3v) is 5.57. The largest absolute Gasteiger partial charge is 0.493 e. The number of aromatic nitrogens is 2. The van der Waals surface area contributed by atoms with Gasteiger partial charge in [-0.25, -0.2) is 9.07 Å². The number of carbonyl (C=O) groups excluding carboxylic acids is 2. The number of halogens is 1. The van der Waals surface area contributed by atoms with Crippen LogP contribution in [0.1, 0.15) is 33.6 Å². The van der Waals surface area contributed by atoms with E-state index in [1.807, 2.05) is 0 Å². The Morgan fingerprint density at radius 2 is 1.91 bits per heavy atom. The van der Waals surface area contributed by atoms with Crippen LogP contribution in [0.3, 0.4) is 0 Å². The Bertz CT molecular complexity index is 1180. The summed E-state index contributed by atoms with van der Waals surface area (Å²) in [6, 6.07) is 10.1. The Hall–Kier alpha value is -3.88. The highest BCUT2D eigenvalue weighted by Crippen LogP contribution is 2.34. The number of para-hydroxylation sites is 1. The predicted molar refractivity (Wildman–Crippen MR) is 116 cm³/mol. The number of methoxy groups -OCH3 is 2. The molecule has 2 heterocycles. The average molecular weight is 438 g/mol. The lowest BCUT2D eigenvalue weighted by atomic mass is 10.0. The lowest BCUT2D eigenvalue weighted by molar-refractivity contribution is 0.0668. The second kappa shape index (κ2) is 8.70. The minimum absolute atomic E-state index is 0.0962. The molecule has 2 N–H and O–H groups in total. The molecule has 0 saturated carbocycles. The van der Waals surface area contributed by atoms with Crippen molar-refractivity contribution in [3.8, 4) is 17.2 Å². The number of ether oxygens (including phenoxy) is 2. The van der Waals surface area contributed by atoms with Crippen LogP contribution in [0.2, 0.25) is 0 Å². The number of hydrogen-bond donors (Lipinski definition) is 1. The van der Waals surface area contributed by atoms with E-state index in [1.165, 1.54) is 48.2 Å². The number of carbonyl (C=O) groups is 2. The van der Waals surface area contributed by atoms with Gasteiger partial charge >= 0.3 is 0 Å². The number of hydrogen-bond acceptors (Lipinski definition) is 6. The standard InChI is InChI=1S/C23H23FN4O4/c1-31-19-10-4-8-16(21(19)32-2)23(30)27-11-5-9-18(27)20(29)17-13-26-28(22(17)25)15-7-3-6-14(24)12-15/h3-4,6-8,10,12-13,18H,5,9,11,25H2,1-2H3/t18-/m0/s1. The van der Waals surface area contributed by atoms with E-state index in [0.29, 0.717) is 42.1 Å². The van der Waals surface area contributed by atoms with Gasteiger partial charge < -0.3 is 20.1 Å². The van der Waals surface area contributed by atoms with E-state index in [2.05, 4.69) is 5.10 Å². The summed E-state index contributed by atoms with van der Waals surface area (Å²) in [5.41, 5.74) is 7.10. The fourth-order valence-corrected chi connectivity index (χ4v) is 4.03. The van der Waals surface area contributed by atoms with E-state index in [0.717, 1.165) is 0 Å². The van der Waals surface area contributed by atoms with Crippen LogP contribution in [0.5, 0.6) is 11.5 Å². The lowest BCUT2D eigenvalue weighted by Gasteiger charge is -2.24. The van der Waals surface area contributed by atoms with Crippen LogP contribution < -0.4 is 15.2 Å². The maximum absolute atomic E-state index is 13.6. The summed E-state index contributed by atoms with van der Waals surface area (Å²) in [6.45, 7) is 0.424. The summed E-state index contributed by atoms with van der Waals surface area (Å²) in [5.74, 6) is -0.230. The minimum Gasteiger partial charge on any atom is -0.493 e. The zero-order valence-corrected chi connectivity index (χ0v) is 17.7. The highest BCUT2D eigenvalue weighted by molar-refractivity contribution is 6.07. The first-order chi connectivity index (χ1) is 15.5. The number of nitrogens with zero attached hydrogens (tertiary/aromatic N) is 3. The highest BCUT2D eigenvalue weighted by atomic mass is 19.1. The first-order valence-corrected chi connectivity index (χ1v) is 10.1. The molecule has 1 aliphatic heterocycles. The van der Waals surface area contributed by atoms with Crippen LogP contribution in [0, 0.1) is 5.82 Å². The van der Waals surface area contributed by atoms with E-state index in [9.17, 15) is 14.0 Å². The Balaban J connectivity index is 1.64. The SMILES string of the molecule is COc1cccc(C(=O)N2CCC[C@H]2C(=O)c2cnn(-c3cccc(F)c3)c2N)c1OC. The molecule has 0 aliphatic carbocycles. The van der Waals surface area contributed by atoms with Gasteiger partial charge in [-0.15, -0.1) is 0 Å². The molecule has 8 nitrogen and oxygen atoms in total. The van der Waals surface area contributed by atoms with Gasteiger partial charge in [-0.1, -0.05) is 12.1 Å². The number of rotatable bonds is 6. The van der Waals surface area contributed by atoms with Crippen LogP contribution in [0.25, 0.3) is 5.69 Å². The van der Waals surface area contributed by atoms with E-state index >= 15 is 0 Å². The van der Waals surface area contributed by atoms with Gasteiger partial charge in [-0.3, -0.25) is 9.59 Å². The lowest BCUT2D eigenvalue weighted by Crippen LogP contribution is -2.40. The third-order valence-electron chi connectivity index (χ3n) is 5.57. The van der Waals surface area contributed by atoms with Crippen molar-refractivity contribution in [3.05, 3.63) is 65.6 Å². The summed E-state index contributed by atoms with van der Waals surface area (Å²) >= 11 is 0. The quantitative estimate of drug-likeness (QED) is 0.594. The van der Waals surface area contributed by atoms with E-state index in [1.54, 1.807) is 24.3 Å². The predicted octanol–water partition coefficient (Wildman–Crippen LogP) is 3.10. The molecule has 0 unspecified atom stereocenters. The zero-order valence-electron chi connectivity index (χ0n) is 17.7. The summed E-state index contributed by atoms with van der Waals surface area (Å²) in [7, 11) is 2.95. The Kier molecular flexibility index (Phi) is 5.81. The summed E-state index contributed by atoms with van der Waals surface area (Å²) in [5, 5.41) is 4.16. The number of amides is 1. The van der Waals surface area contributed by atoms with Crippen molar-refractivity contribution in [2.24, 2.45) is 0 Å². The molecule has 4 rings (SSSR count). The van der Waals surface area contributed by atoms with Gasteiger partial charge in [-0.05, 0) is 43.2 Å². The van der Waals surface area contributed by atoms with Crippen molar-refractivity contribution >= 4 is 17.5 Å². The van der Waals surface area contributed by atoms with Crippen molar-refractivity contribution in [3.63, 3.8) is 0 Å². The van der Waals surface area contributed by atoms with Crippen LogP contribution in [0.15, 0.2) is 48.7 Å². The number of benzene rings is 2. The topological polar surface area (TPSA) is 99.7 Å². The molecule has 0 radical (unpaired) electrons. The van der Waals surface area contributed by atoms with E-state index in [4.69, 9.17) is 15.2 Å². The molecular weight excluding hydrogens is 415 g/mol. The van der Waals surface area contributed by atoms with Crippen LogP contribution >= 0.6 is 0 Å². The molecule has 1 aromatic heterocycles. The molecule has 1 saturated heterocycles. The van der Waals surface area contributed by atoms with Gasteiger partial charge in [-0.2, -0.15) is 5.10 Å². The van der Waals surface area contributed by atoms with Crippen molar-refractivity contribution in [2.45, 2.75) is 18.9 Å². The second-order valence-electron chi connectivity index (χ2n) is 7.40. The van der Waals surface area contributed by atoms with Crippen LogP contribution in [-0.4, -0.2) is 53.2 Å². The normalized spacial score (nSPS) is 15.6. The van der Waals surface area contributed by atoms with Crippen molar-refractivity contribution in [2.75, 3.05) is 26.5 Å². The summed E-state index contributed by atoms with van der Waals surface area (Å²) in [4.78, 5) is 28.2. The third kappa shape index (κ3) is 3.66. The highest BCUT2D eigenvalue weighted by Gasteiger charge is 2.37. The Morgan fingerprint density at radius 3 is 2.62 bits per heavy atom. The Labute approximate surface area is 184 Å². The molecule has 1 fully saturated rings. The molecule has 1 amide bonds. The molecule has 32 heavy (non-hydrogen) atoms. The molecule has 2 aromatic carbocycles. The number of nitrogen functional groups attached to an aromatic ring is 1. The number of likely N-dealkylation sites (tertiary alicyclic amines) is 1. The first-order valence-electron chi connectivity index (χ1n) is 10.1. The fourth-order valence-electron chi connectivity index (χ4n) is 4.03. The first kappa shape index (κ1) is 21.4. The maximum atomic E-state index is 13.6. The smallest absolute Gasteiger partial charge is 0.258 e. The van der Waals surface area contributed by atoms with Gasteiger partial charge in [0.25, 0.3) is 5.91 Å². The number of ketones is 1. The molecule has 9 heteroatoms. The van der Waals surface area contributed by atoms with Crippen LogP contribution in [0.4, 0.5) is 10.2 Å². The monoisotopic (exact) mass is 438 g/mol. The Morgan fingerprint density at radius 1 is 1.12 bits per heavy atom. The van der Waals surface area contributed by atoms with Crippen LogP contribution in [-0.2, 0) is 0 Å². The minimum atomic E-state index is -0.689. The van der Waals surface area contributed by atoms with Gasteiger partial charge in [0.05, 0.1) is 43.3 Å². The molecule has 0 bridgehead atoms. The zero-order chi connectivity index (χ0) is 22.8. The number of anilines is 1. The van der Waals surface area contributed by atoms with Gasteiger partial charge in [0.15, 0.2) is 17.3 Å². The molecule has 1 atom stereocenters. The molecular formula is C23H23FN4O4. The van der Waals surface area contributed by atoms with E-state index < -0.39 is 11.9 Å². The van der Waals surface area contributed by atoms with Crippen molar-refractivity contribution in [1.29, 1.82) is 0 Å². The summed E-state index contributed by atoms with van der Waals surface area (Å²) < 4.78 is 25.6. The molecule has 3 aromatic rings. The van der Waals surface area contributed by atoms with Gasteiger partial charge in [0, 0.05) is 6.54 Å². The number of nitrogens with two attached hydrogens (primary N) is 1. The fraction of sp³-hybridized carbons (Fsp3) is 0.261. The van der Waals surface area contributed by atoms with Crippen molar-refractivity contribution in [1.82, 2.24) is 14.7 Å². The van der Waals surface area contributed by atoms with Gasteiger partial charge in [0.1, 0.15) is 11.6 Å². The molecule has 166 valence electrons. The van der Waals surface area contributed by atoms with Crippen molar-refractivity contribution < 1.29 is 23.5 Å². The molecule has 1 aliphatic rings. The number of Topliss-reactive ketones (excluding diaryl/α,β-unsaturated/α-hetero) is 1.